The predicted molar refractivity (Wildman–Crippen MR) is 51.7 cm³/mol. The molecule has 5 nitrogen and oxygen atoms in total. The van der Waals surface area contributed by atoms with Gasteiger partial charge in [-0.05, 0) is 19.4 Å². The molecule has 1 amide bonds. The van der Waals surface area contributed by atoms with Gasteiger partial charge in [-0.3, -0.25) is 4.79 Å². The third-order valence-electron chi connectivity index (χ3n) is 2.20. The van der Waals surface area contributed by atoms with Crippen molar-refractivity contribution >= 4 is 11.6 Å². The van der Waals surface area contributed by atoms with Gasteiger partial charge < -0.3 is 10.6 Å². The summed E-state index contributed by atoms with van der Waals surface area (Å²) < 4.78 is 0. The number of carbonyl (C=O) groups excluding carboxylic acids is 1. The molecular formula is C9H12N4O. The summed E-state index contributed by atoms with van der Waals surface area (Å²) in [5.74, 6) is -0.00250. The maximum Gasteiger partial charge on any atom is 0.241 e. The summed E-state index contributed by atoms with van der Waals surface area (Å²) in [6.07, 6.45) is 6.56. The van der Waals surface area contributed by atoms with Crippen LogP contribution in [-0.4, -0.2) is 28.5 Å². The first-order chi connectivity index (χ1) is 6.86. The zero-order valence-electron chi connectivity index (χ0n) is 7.73. The lowest BCUT2D eigenvalue weighted by atomic mass is 10.2. The first-order valence-electron chi connectivity index (χ1n) is 4.65. The van der Waals surface area contributed by atoms with Gasteiger partial charge >= 0.3 is 0 Å². The summed E-state index contributed by atoms with van der Waals surface area (Å²) in [4.78, 5) is 19.2. The van der Waals surface area contributed by atoms with E-state index in [2.05, 4.69) is 20.6 Å². The van der Waals surface area contributed by atoms with Gasteiger partial charge in [-0.1, -0.05) is 0 Å². The quantitative estimate of drug-likeness (QED) is 0.700. The van der Waals surface area contributed by atoms with Crippen molar-refractivity contribution in [1.82, 2.24) is 15.3 Å². The van der Waals surface area contributed by atoms with Gasteiger partial charge in [0.15, 0.2) is 0 Å². The average molecular weight is 192 g/mol. The van der Waals surface area contributed by atoms with Crippen molar-refractivity contribution in [3.63, 3.8) is 0 Å². The van der Waals surface area contributed by atoms with Crippen molar-refractivity contribution in [2.45, 2.75) is 18.9 Å². The molecule has 0 saturated carbocycles. The Morgan fingerprint density at radius 2 is 2.29 bits per heavy atom. The Bertz CT molecular complexity index is 308. The van der Waals surface area contributed by atoms with Crippen LogP contribution < -0.4 is 10.6 Å². The third kappa shape index (κ3) is 2.05. The molecule has 0 spiro atoms. The Labute approximate surface area is 82.0 Å². The molecule has 1 fully saturated rings. The molecule has 2 N–H and O–H groups in total. The highest BCUT2D eigenvalue weighted by Crippen LogP contribution is 2.08. The minimum Gasteiger partial charge on any atom is -0.322 e. The molecule has 1 aromatic rings. The van der Waals surface area contributed by atoms with Crippen LogP contribution in [0, 0.1) is 0 Å². The second kappa shape index (κ2) is 4.15. The van der Waals surface area contributed by atoms with Crippen LogP contribution in [0.15, 0.2) is 18.7 Å². The molecule has 1 saturated heterocycles. The Hall–Kier alpha value is -1.49. The fourth-order valence-electron chi connectivity index (χ4n) is 1.50. The number of hydrogen-bond donors (Lipinski definition) is 2. The summed E-state index contributed by atoms with van der Waals surface area (Å²) in [7, 11) is 0. The van der Waals surface area contributed by atoms with E-state index < -0.39 is 0 Å². The number of nitrogens with zero attached hydrogens (tertiary/aromatic N) is 2. The Morgan fingerprint density at radius 1 is 1.50 bits per heavy atom. The summed E-state index contributed by atoms with van der Waals surface area (Å²) >= 11 is 0. The van der Waals surface area contributed by atoms with E-state index in [4.69, 9.17) is 0 Å². The molecule has 0 aromatic carbocycles. The average Bonchev–Trinajstić information content (AvgIpc) is 2.72. The van der Waals surface area contributed by atoms with Crippen molar-refractivity contribution < 1.29 is 4.79 Å². The van der Waals surface area contributed by atoms with Crippen LogP contribution in [0.4, 0.5) is 5.69 Å². The molecule has 2 rings (SSSR count). The molecule has 5 heteroatoms. The smallest absolute Gasteiger partial charge is 0.241 e. The van der Waals surface area contributed by atoms with Crippen LogP contribution >= 0.6 is 0 Å². The maximum atomic E-state index is 11.6. The van der Waals surface area contributed by atoms with E-state index in [1.54, 1.807) is 12.4 Å². The molecule has 74 valence electrons. The van der Waals surface area contributed by atoms with E-state index in [-0.39, 0.29) is 11.9 Å². The van der Waals surface area contributed by atoms with Crippen LogP contribution in [0.3, 0.4) is 0 Å². The number of rotatable bonds is 2. The van der Waals surface area contributed by atoms with Gasteiger partial charge in [0, 0.05) is 0 Å². The van der Waals surface area contributed by atoms with Gasteiger partial charge in [-0.25, -0.2) is 9.97 Å². The number of hydrogen-bond acceptors (Lipinski definition) is 4. The molecule has 14 heavy (non-hydrogen) atoms. The molecule has 1 atom stereocenters. The summed E-state index contributed by atoms with van der Waals surface area (Å²) in [5.41, 5.74) is 0.645. The molecule has 1 aliphatic rings. The van der Waals surface area contributed by atoms with Crippen LogP contribution in [-0.2, 0) is 4.79 Å². The minimum absolute atomic E-state index is 0.00250. The molecule has 0 radical (unpaired) electrons. The van der Waals surface area contributed by atoms with Gasteiger partial charge in [0.05, 0.1) is 24.1 Å². The fraction of sp³-hybridized carbons (Fsp3) is 0.444. The fourth-order valence-corrected chi connectivity index (χ4v) is 1.50. The van der Waals surface area contributed by atoms with E-state index in [1.165, 1.54) is 6.33 Å². The molecule has 2 heterocycles. The number of carbonyl (C=O) groups is 1. The summed E-state index contributed by atoms with van der Waals surface area (Å²) in [6, 6.07) is -0.0600. The number of amides is 1. The van der Waals surface area contributed by atoms with Crippen molar-refractivity contribution in [3.8, 4) is 0 Å². The van der Waals surface area contributed by atoms with Gasteiger partial charge in [0.1, 0.15) is 6.33 Å². The molecule has 1 aromatic heterocycles. The van der Waals surface area contributed by atoms with Crippen LogP contribution in [0.5, 0.6) is 0 Å². The topological polar surface area (TPSA) is 66.9 Å². The van der Waals surface area contributed by atoms with Gasteiger partial charge in [0.25, 0.3) is 0 Å². The van der Waals surface area contributed by atoms with Gasteiger partial charge in [-0.2, -0.15) is 0 Å². The Morgan fingerprint density at radius 3 is 2.93 bits per heavy atom. The maximum absolute atomic E-state index is 11.6. The van der Waals surface area contributed by atoms with E-state index in [9.17, 15) is 4.79 Å². The molecule has 1 aliphatic heterocycles. The Balaban J connectivity index is 1.94. The number of nitrogens with one attached hydrogen (secondary N) is 2. The number of anilines is 1. The van der Waals surface area contributed by atoms with E-state index in [0.29, 0.717) is 5.69 Å². The first-order valence-corrected chi connectivity index (χ1v) is 4.65. The van der Waals surface area contributed by atoms with E-state index in [1.807, 2.05) is 0 Å². The van der Waals surface area contributed by atoms with Crippen LogP contribution in [0.1, 0.15) is 12.8 Å². The molecule has 1 unspecified atom stereocenters. The monoisotopic (exact) mass is 192 g/mol. The van der Waals surface area contributed by atoms with Gasteiger partial charge in [0.2, 0.25) is 5.91 Å². The number of aromatic nitrogens is 2. The highest BCUT2D eigenvalue weighted by molar-refractivity contribution is 5.94. The second-order valence-corrected chi connectivity index (χ2v) is 3.27. The largest absolute Gasteiger partial charge is 0.322 e. The first kappa shape index (κ1) is 9.08. The lowest BCUT2D eigenvalue weighted by Gasteiger charge is -2.09. The predicted octanol–water partition coefficient (Wildman–Crippen LogP) is 0.167. The van der Waals surface area contributed by atoms with E-state index in [0.717, 1.165) is 19.4 Å². The molecule has 0 bridgehead atoms. The van der Waals surface area contributed by atoms with Crippen molar-refractivity contribution in [3.05, 3.63) is 18.7 Å². The highest BCUT2D eigenvalue weighted by atomic mass is 16.2. The summed E-state index contributed by atoms with van der Waals surface area (Å²) in [6.45, 7) is 0.920. The van der Waals surface area contributed by atoms with Crippen LogP contribution in [0.25, 0.3) is 0 Å². The summed E-state index contributed by atoms with van der Waals surface area (Å²) in [5, 5.41) is 5.88. The highest BCUT2D eigenvalue weighted by Gasteiger charge is 2.21. The molecular weight excluding hydrogens is 180 g/mol. The van der Waals surface area contributed by atoms with Gasteiger partial charge in [-0.15, -0.1) is 0 Å². The lowest BCUT2D eigenvalue weighted by Crippen LogP contribution is -2.35. The zero-order valence-corrected chi connectivity index (χ0v) is 7.73. The standard InChI is InChI=1S/C9H12N4O/c14-9(8-2-1-3-12-8)13-7-4-10-6-11-5-7/h4-6,8,12H,1-3H2,(H,13,14). The normalized spacial score (nSPS) is 20.7. The zero-order chi connectivity index (χ0) is 9.80. The SMILES string of the molecule is O=C(Nc1cncnc1)C1CCCN1. The lowest BCUT2D eigenvalue weighted by molar-refractivity contribution is -0.117. The third-order valence-corrected chi connectivity index (χ3v) is 2.20. The molecule has 0 aliphatic carbocycles. The minimum atomic E-state index is -0.0600. The van der Waals surface area contributed by atoms with E-state index >= 15 is 0 Å². The van der Waals surface area contributed by atoms with Crippen molar-refractivity contribution in [2.75, 3.05) is 11.9 Å². The second-order valence-electron chi connectivity index (χ2n) is 3.27. The van der Waals surface area contributed by atoms with Crippen LogP contribution in [0.2, 0.25) is 0 Å². The van der Waals surface area contributed by atoms with Crippen molar-refractivity contribution in [2.24, 2.45) is 0 Å². The van der Waals surface area contributed by atoms with Crippen molar-refractivity contribution in [1.29, 1.82) is 0 Å². The Kier molecular flexibility index (Phi) is 2.69.